The zero-order chi connectivity index (χ0) is 56.7. The van der Waals surface area contributed by atoms with Crippen molar-refractivity contribution in [3.63, 3.8) is 0 Å². The van der Waals surface area contributed by atoms with Crippen LogP contribution in [0.3, 0.4) is 0 Å². The molecule has 0 amide bonds. The van der Waals surface area contributed by atoms with Gasteiger partial charge in [-0.15, -0.1) is 0 Å². The van der Waals surface area contributed by atoms with Gasteiger partial charge in [0.25, 0.3) is 13.4 Å². The average molecular weight is 1100 g/mol. The fourth-order valence-corrected chi connectivity index (χ4v) is 13.9. The highest BCUT2D eigenvalue weighted by atomic mass is 16.5. The molecule has 13 aromatic rings. The molecular weight excluding hydrogens is 1050 g/mol. The lowest BCUT2D eigenvalue weighted by Gasteiger charge is -2.46. The highest BCUT2D eigenvalue weighted by molar-refractivity contribution is 7.02. The Labute approximate surface area is 501 Å². The van der Waals surface area contributed by atoms with E-state index in [0.717, 1.165) is 119 Å². The molecule has 0 bridgehead atoms. The van der Waals surface area contributed by atoms with E-state index in [1.54, 1.807) is 0 Å². The molecule has 5 heterocycles. The molecule has 12 aromatic carbocycles. The lowest BCUT2D eigenvalue weighted by Crippen LogP contribution is -2.64. The number of aromatic nitrogens is 1. The average Bonchev–Trinajstić information content (AvgIpc) is 0.795. The van der Waals surface area contributed by atoms with Gasteiger partial charge in [0.05, 0.1) is 22.8 Å². The zero-order valence-electron chi connectivity index (χ0n) is 46.8. The maximum Gasteiger partial charge on any atom is 0.256 e. The van der Waals surface area contributed by atoms with E-state index in [0.29, 0.717) is 0 Å². The molecule has 0 fully saturated rings. The Morgan fingerprint density at radius 2 is 0.698 bits per heavy atom. The first-order chi connectivity index (χ1) is 42.7. The molecule has 402 valence electrons. The second kappa shape index (κ2) is 20.3. The minimum Gasteiger partial charge on any atom is -0.458 e. The maximum absolute atomic E-state index is 7.76. The van der Waals surface area contributed by atoms with Gasteiger partial charge >= 0.3 is 0 Å². The fraction of sp³-hybridized carbons (Fsp3) is 0. The van der Waals surface area contributed by atoms with E-state index in [9.17, 15) is 0 Å². The van der Waals surface area contributed by atoms with Gasteiger partial charge in [-0.25, -0.2) is 0 Å². The van der Waals surface area contributed by atoms with Crippen LogP contribution in [0.5, 0.6) is 11.5 Å². The molecule has 9 heteroatoms. The summed E-state index contributed by atoms with van der Waals surface area (Å²) < 4.78 is 7.76. The van der Waals surface area contributed by atoms with Gasteiger partial charge in [0.1, 0.15) is 11.5 Å². The number of anilines is 15. The fourth-order valence-electron chi connectivity index (χ4n) is 13.9. The number of para-hydroxylation sites is 9. The van der Waals surface area contributed by atoms with E-state index in [4.69, 9.17) is 9.72 Å². The van der Waals surface area contributed by atoms with Crippen LogP contribution in [-0.4, -0.2) is 18.4 Å². The van der Waals surface area contributed by atoms with E-state index in [2.05, 4.69) is 328 Å². The SMILES string of the molecule is c1ccc(N(c2ccccc2)c2cc3c4c(c2)N(c2ccccc2)c2ccccc2B4c2cc4c(cc2O3)N(c2ccccc2-c2ccccn2)c2cc(N(c3ccccc3)c3ccccc3)cc3c2B4c2ccccc2N3c2ccccc2)cc1. The molecule has 4 aliphatic heterocycles. The summed E-state index contributed by atoms with van der Waals surface area (Å²) in [5, 5.41) is 0. The van der Waals surface area contributed by atoms with Gasteiger partial charge in [-0.2, -0.15) is 0 Å². The molecule has 86 heavy (non-hydrogen) atoms. The molecule has 0 saturated carbocycles. The standard InChI is InChI=1S/C77H52B2N6O/c1-7-27-53(28-8-1)81(54-29-9-2-10-30-54)59-47-71-76-72(48-59)85(67-43-22-19-39-61(67)66-42-25-26-46-80-66)70-52-74-65(51-64(70)78(76)62-40-20-23-44-68(62)83(71)57-35-15-5-16-36-57)79-63-41-21-24-45-69(63)84(58-37-17-6-18-38-58)73-49-60(50-75(86-74)77(73)79)82(55-31-11-3-12-32-55)56-33-13-4-14-34-56/h1-52H. The second-order valence-corrected chi connectivity index (χ2v) is 22.2. The number of pyridine rings is 1. The summed E-state index contributed by atoms with van der Waals surface area (Å²) in [6.45, 7) is -0.387. The van der Waals surface area contributed by atoms with Crippen molar-refractivity contribution in [2.45, 2.75) is 0 Å². The van der Waals surface area contributed by atoms with Crippen LogP contribution >= 0.6 is 0 Å². The minimum absolute atomic E-state index is 0.191. The first-order valence-electron chi connectivity index (χ1n) is 29.4. The van der Waals surface area contributed by atoms with Crippen LogP contribution in [0.1, 0.15) is 0 Å². The Morgan fingerprint density at radius 1 is 0.279 bits per heavy atom. The maximum atomic E-state index is 7.76. The van der Waals surface area contributed by atoms with Crippen LogP contribution < -0.4 is 62.0 Å². The van der Waals surface area contributed by atoms with E-state index in [-0.39, 0.29) is 13.4 Å². The van der Waals surface area contributed by atoms with Gasteiger partial charge in [0.15, 0.2) is 0 Å². The number of ether oxygens (including phenoxy) is 1. The number of benzene rings is 12. The normalized spacial score (nSPS) is 12.9. The van der Waals surface area contributed by atoms with E-state index in [1.807, 2.05) is 12.3 Å². The van der Waals surface area contributed by atoms with Crippen molar-refractivity contribution in [2.24, 2.45) is 0 Å². The largest absolute Gasteiger partial charge is 0.458 e. The number of hydrogen-bond acceptors (Lipinski definition) is 7. The smallest absolute Gasteiger partial charge is 0.256 e. The van der Waals surface area contributed by atoms with Crippen LogP contribution in [0.2, 0.25) is 0 Å². The molecular formula is C77H52B2N6O. The summed E-state index contributed by atoms with van der Waals surface area (Å²) in [6.07, 6.45) is 1.89. The van der Waals surface area contributed by atoms with E-state index < -0.39 is 0 Å². The van der Waals surface area contributed by atoms with Crippen molar-refractivity contribution in [2.75, 3.05) is 24.5 Å². The third-order valence-electron chi connectivity index (χ3n) is 17.4. The Hall–Kier alpha value is -11.3. The third-order valence-corrected chi connectivity index (χ3v) is 17.4. The minimum atomic E-state index is -0.195. The van der Waals surface area contributed by atoms with Gasteiger partial charge in [-0.3, -0.25) is 4.98 Å². The van der Waals surface area contributed by atoms with E-state index >= 15 is 0 Å². The first-order valence-corrected chi connectivity index (χ1v) is 29.4. The highest BCUT2D eigenvalue weighted by Gasteiger charge is 2.48. The molecule has 0 radical (unpaired) electrons. The van der Waals surface area contributed by atoms with Crippen LogP contribution in [0.15, 0.2) is 316 Å². The molecule has 1 aromatic heterocycles. The van der Waals surface area contributed by atoms with Crippen molar-refractivity contribution in [3.8, 4) is 22.8 Å². The summed E-state index contributed by atoms with van der Waals surface area (Å²) in [5.74, 6) is 1.62. The first kappa shape index (κ1) is 49.3. The van der Waals surface area contributed by atoms with Gasteiger partial charge in [-0.05, 0) is 154 Å². The molecule has 7 nitrogen and oxygen atoms in total. The summed E-state index contributed by atoms with van der Waals surface area (Å²) in [5.41, 5.74) is 24.9. The predicted octanol–water partition coefficient (Wildman–Crippen LogP) is 16.2. The summed E-state index contributed by atoms with van der Waals surface area (Å²) in [4.78, 5) is 17.2. The molecule has 0 aliphatic carbocycles. The van der Waals surface area contributed by atoms with Crippen molar-refractivity contribution >= 4 is 132 Å². The lowest BCUT2D eigenvalue weighted by atomic mass is 9.30. The van der Waals surface area contributed by atoms with Gasteiger partial charge in [0, 0.05) is 92.1 Å². The summed E-state index contributed by atoms with van der Waals surface area (Å²) in [6, 6.07) is 112. The number of fused-ring (bicyclic) bond motifs is 8. The van der Waals surface area contributed by atoms with Crippen LogP contribution in [0.25, 0.3) is 11.3 Å². The van der Waals surface area contributed by atoms with Crippen molar-refractivity contribution < 1.29 is 4.74 Å². The topological polar surface area (TPSA) is 38.3 Å². The van der Waals surface area contributed by atoms with Crippen molar-refractivity contribution in [3.05, 3.63) is 316 Å². The molecule has 0 spiro atoms. The van der Waals surface area contributed by atoms with Gasteiger partial charge in [-0.1, -0.05) is 176 Å². The number of rotatable bonds is 10. The second-order valence-electron chi connectivity index (χ2n) is 22.2. The Kier molecular flexibility index (Phi) is 11.6. The lowest BCUT2D eigenvalue weighted by molar-refractivity contribution is 0.488. The Morgan fingerprint density at radius 3 is 1.21 bits per heavy atom. The Balaban J connectivity index is 0.974. The molecule has 0 atom stereocenters. The van der Waals surface area contributed by atoms with Crippen molar-refractivity contribution in [1.29, 1.82) is 0 Å². The van der Waals surface area contributed by atoms with Gasteiger partial charge < -0.3 is 29.2 Å². The van der Waals surface area contributed by atoms with Crippen LogP contribution in [0, 0.1) is 0 Å². The van der Waals surface area contributed by atoms with Gasteiger partial charge in [0.2, 0.25) is 0 Å². The summed E-state index contributed by atoms with van der Waals surface area (Å²) >= 11 is 0. The quantitative estimate of drug-likeness (QED) is 0.126. The highest BCUT2D eigenvalue weighted by Crippen LogP contribution is 2.52. The molecule has 4 aliphatic rings. The molecule has 0 saturated heterocycles. The monoisotopic (exact) mass is 1100 g/mol. The predicted molar refractivity (Wildman–Crippen MR) is 359 cm³/mol. The molecule has 0 N–H and O–H groups in total. The van der Waals surface area contributed by atoms with Crippen LogP contribution in [0.4, 0.5) is 85.3 Å². The molecule has 0 unspecified atom stereocenters. The summed E-state index contributed by atoms with van der Waals surface area (Å²) in [7, 11) is 0. The Bertz CT molecular complexity index is 4640. The van der Waals surface area contributed by atoms with Crippen LogP contribution in [-0.2, 0) is 0 Å². The third kappa shape index (κ3) is 7.89. The molecule has 17 rings (SSSR count). The number of hydrogen-bond donors (Lipinski definition) is 0. The van der Waals surface area contributed by atoms with Crippen molar-refractivity contribution in [1.82, 2.24) is 4.98 Å². The number of nitrogens with zero attached hydrogens (tertiary/aromatic N) is 6. The zero-order valence-corrected chi connectivity index (χ0v) is 46.8. The van der Waals surface area contributed by atoms with E-state index in [1.165, 1.54) is 21.9 Å².